The van der Waals surface area contributed by atoms with Gasteiger partial charge in [-0.3, -0.25) is 4.79 Å². The summed E-state index contributed by atoms with van der Waals surface area (Å²) >= 11 is 0. The average molecular weight is 368 g/mol. The lowest BCUT2D eigenvalue weighted by atomic mass is 10.1. The second kappa shape index (κ2) is 7.90. The molecule has 0 aliphatic heterocycles. The van der Waals surface area contributed by atoms with Gasteiger partial charge in [-0.15, -0.1) is 0 Å². The minimum absolute atomic E-state index is 0.346. The van der Waals surface area contributed by atoms with Gasteiger partial charge in [-0.2, -0.15) is 0 Å². The van der Waals surface area contributed by atoms with Gasteiger partial charge < -0.3 is 10.6 Å². The molecule has 3 aromatic rings. The Bertz CT molecular complexity index is 991. The molecule has 2 aromatic carbocycles. The summed E-state index contributed by atoms with van der Waals surface area (Å²) in [6.45, 7) is 3.79. The molecule has 1 aromatic heterocycles. The van der Waals surface area contributed by atoms with E-state index in [2.05, 4.69) is 20.6 Å². The molecule has 0 unspecified atom stereocenters. The number of carbonyl (C=O) groups excluding carboxylic acids is 1. The summed E-state index contributed by atoms with van der Waals surface area (Å²) in [6, 6.07) is 10.0. The van der Waals surface area contributed by atoms with Crippen molar-refractivity contribution in [2.75, 3.05) is 10.6 Å². The first-order valence-electron chi connectivity index (χ1n) is 8.41. The number of aryl methyl sites for hydroxylation is 2. The molecular formula is C20H18F2N4O. The predicted octanol–water partition coefficient (Wildman–Crippen LogP) is 4.62. The van der Waals surface area contributed by atoms with Gasteiger partial charge in [0.25, 0.3) is 5.91 Å². The van der Waals surface area contributed by atoms with Crippen molar-refractivity contribution in [1.29, 1.82) is 0 Å². The van der Waals surface area contributed by atoms with Gasteiger partial charge in [0, 0.05) is 23.1 Å². The Morgan fingerprint density at radius 3 is 2.63 bits per heavy atom. The van der Waals surface area contributed by atoms with Crippen LogP contribution in [0, 0.1) is 18.6 Å². The molecule has 0 aliphatic rings. The summed E-state index contributed by atoms with van der Waals surface area (Å²) in [5.74, 6) is -1.55. The van der Waals surface area contributed by atoms with Crippen LogP contribution < -0.4 is 10.6 Å². The van der Waals surface area contributed by atoms with Crippen LogP contribution in [0.3, 0.4) is 0 Å². The number of amides is 1. The third-order valence-corrected chi connectivity index (χ3v) is 3.99. The molecule has 1 amide bonds. The van der Waals surface area contributed by atoms with Gasteiger partial charge in [0.05, 0.1) is 5.56 Å². The molecule has 0 aliphatic carbocycles. The molecule has 0 spiro atoms. The summed E-state index contributed by atoms with van der Waals surface area (Å²) in [5, 5.41) is 5.80. The maximum atomic E-state index is 13.9. The van der Waals surface area contributed by atoms with E-state index in [-0.39, 0.29) is 5.56 Å². The molecule has 0 radical (unpaired) electrons. The highest BCUT2D eigenvalue weighted by atomic mass is 19.1. The number of hydrogen-bond donors (Lipinski definition) is 2. The van der Waals surface area contributed by atoms with E-state index in [0.29, 0.717) is 23.6 Å². The van der Waals surface area contributed by atoms with Crippen LogP contribution >= 0.6 is 0 Å². The first kappa shape index (κ1) is 18.4. The van der Waals surface area contributed by atoms with Gasteiger partial charge in [0.1, 0.15) is 23.8 Å². The third-order valence-electron chi connectivity index (χ3n) is 3.99. The van der Waals surface area contributed by atoms with E-state index in [1.807, 2.05) is 26.0 Å². The number of benzene rings is 2. The van der Waals surface area contributed by atoms with E-state index >= 15 is 0 Å². The molecule has 0 bridgehead atoms. The summed E-state index contributed by atoms with van der Waals surface area (Å²) in [7, 11) is 0. The van der Waals surface area contributed by atoms with Crippen LogP contribution in [0.25, 0.3) is 0 Å². The maximum absolute atomic E-state index is 13.9. The molecule has 3 rings (SSSR count). The smallest absolute Gasteiger partial charge is 0.258 e. The van der Waals surface area contributed by atoms with E-state index < -0.39 is 17.5 Å². The van der Waals surface area contributed by atoms with Gasteiger partial charge in [0.2, 0.25) is 0 Å². The summed E-state index contributed by atoms with van der Waals surface area (Å²) in [6.07, 6.45) is 2.11. The molecule has 138 valence electrons. The van der Waals surface area contributed by atoms with E-state index in [0.717, 1.165) is 29.5 Å². The van der Waals surface area contributed by atoms with Crippen molar-refractivity contribution in [1.82, 2.24) is 9.97 Å². The van der Waals surface area contributed by atoms with Crippen molar-refractivity contribution in [3.63, 3.8) is 0 Å². The van der Waals surface area contributed by atoms with E-state index in [4.69, 9.17) is 0 Å². The van der Waals surface area contributed by atoms with Crippen LogP contribution in [0.15, 0.2) is 48.8 Å². The number of anilines is 3. The second-order valence-electron chi connectivity index (χ2n) is 5.97. The fourth-order valence-electron chi connectivity index (χ4n) is 2.61. The SMILES string of the molecule is CCc1ccc(Nc2cc(C)ncn2)cc1NC(=O)c1cc(F)ccc1F. The zero-order valence-corrected chi connectivity index (χ0v) is 14.9. The highest BCUT2D eigenvalue weighted by molar-refractivity contribution is 6.05. The Kier molecular flexibility index (Phi) is 5.40. The first-order chi connectivity index (χ1) is 13.0. The number of nitrogens with zero attached hydrogens (tertiary/aromatic N) is 2. The lowest BCUT2D eigenvalue weighted by molar-refractivity contribution is 0.102. The van der Waals surface area contributed by atoms with Gasteiger partial charge in [-0.1, -0.05) is 13.0 Å². The normalized spacial score (nSPS) is 10.5. The number of aromatic nitrogens is 2. The van der Waals surface area contributed by atoms with Crippen molar-refractivity contribution >= 4 is 23.1 Å². The zero-order valence-electron chi connectivity index (χ0n) is 14.9. The number of carbonyl (C=O) groups is 1. The van der Waals surface area contributed by atoms with Crippen molar-refractivity contribution < 1.29 is 13.6 Å². The largest absolute Gasteiger partial charge is 0.340 e. The van der Waals surface area contributed by atoms with Crippen LogP contribution in [0.4, 0.5) is 26.0 Å². The highest BCUT2D eigenvalue weighted by Crippen LogP contribution is 2.25. The van der Waals surface area contributed by atoms with Gasteiger partial charge in [0.15, 0.2) is 0 Å². The first-order valence-corrected chi connectivity index (χ1v) is 8.41. The van der Waals surface area contributed by atoms with Gasteiger partial charge >= 0.3 is 0 Å². The third kappa shape index (κ3) is 4.44. The zero-order chi connectivity index (χ0) is 19.4. The number of nitrogens with one attached hydrogen (secondary N) is 2. The minimum Gasteiger partial charge on any atom is -0.340 e. The molecular weight excluding hydrogens is 350 g/mol. The van der Waals surface area contributed by atoms with Crippen LogP contribution in [-0.4, -0.2) is 15.9 Å². The predicted molar refractivity (Wildman–Crippen MR) is 100 cm³/mol. The number of hydrogen-bond acceptors (Lipinski definition) is 4. The molecule has 5 nitrogen and oxygen atoms in total. The number of rotatable bonds is 5. The van der Waals surface area contributed by atoms with Crippen molar-refractivity contribution in [3.05, 3.63) is 77.2 Å². The highest BCUT2D eigenvalue weighted by Gasteiger charge is 2.15. The summed E-state index contributed by atoms with van der Waals surface area (Å²) in [5.41, 5.74) is 2.54. The Labute approximate surface area is 155 Å². The molecule has 0 atom stereocenters. The lowest BCUT2D eigenvalue weighted by Crippen LogP contribution is -2.15. The monoisotopic (exact) mass is 368 g/mol. The fourth-order valence-corrected chi connectivity index (χ4v) is 2.61. The molecule has 27 heavy (non-hydrogen) atoms. The van der Waals surface area contributed by atoms with Crippen molar-refractivity contribution in [3.8, 4) is 0 Å². The molecule has 0 saturated heterocycles. The van der Waals surface area contributed by atoms with Gasteiger partial charge in [-0.05, 0) is 49.2 Å². The van der Waals surface area contributed by atoms with Crippen LogP contribution in [0.1, 0.15) is 28.5 Å². The van der Waals surface area contributed by atoms with E-state index in [9.17, 15) is 13.6 Å². The van der Waals surface area contributed by atoms with Gasteiger partial charge in [-0.25, -0.2) is 18.7 Å². The quantitative estimate of drug-likeness (QED) is 0.689. The topological polar surface area (TPSA) is 66.9 Å². The van der Waals surface area contributed by atoms with E-state index in [1.165, 1.54) is 6.33 Å². The summed E-state index contributed by atoms with van der Waals surface area (Å²) in [4.78, 5) is 20.6. The molecule has 2 N–H and O–H groups in total. The Hall–Kier alpha value is -3.35. The Morgan fingerprint density at radius 2 is 1.89 bits per heavy atom. The molecule has 0 fully saturated rings. The van der Waals surface area contributed by atoms with E-state index in [1.54, 1.807) is 12.1 Å². The van der Waals surface area contributed by atoms with Crippen LogP contribution in [0.5, 0.6) is 0 Å². The lowest BCUT2D eigenvalue weighted by Gasteiger charge is -2.13. The van der Waals surface area contributed by atoms with Crippen LogP contribution in [0.2, 0.25) is 0 Å². The van der Waals surface area contributed by atoms with Crippen molar-refractivity contribution in [2.45, 2.75) is 20.3 Å². The van der Waals surface area contributed by atoms with Crippen LogP contribution in [-0.2, 0) is 6.42 Å². The molecule has 7 heteroatoms. The average Bonchev–Trinajstić information content (AvgIpc) is 2.64. The number of halogens is 2. The Balaban J connectivity index is 1.87. The Morgan fingerprint density at radius 1 is 1.07 bits per heavy atom. The maximum Gasteiger partial charge on any atom is 0.258 e. The fraction of sp³-hybridized carbons (Fsp3) is 0.150. The standard InChI is InChI=1S/C20H18F2N4O/c1-3-13-4-6-15(25-19-8-12(2)23-11-24-19)10-18(13)26-20(27)16-9-14(21)5-7-17(16)22/h4-11H,3H2,1-2H3,(H,26,27)(H,23,24,25). The molecule has 0 saturated carbocycles. The van der Waals surface area contributed by atoms with Crippen molar-refractivity contribution in [2.24, 2.45) is 0 Å². The summed E-state index contributed by atoms with van der Waals surface area (Å²) < 4.78 is 27.2. The second-order valence-corrected chi connectivity index (χ2v) is 5.97. The minimum atomic E-state index is -0.780. The molecule has 1 heterocycles.